The zero-order chi connectivity index (χ0) is 45.5. The van der Waals surface area contributed by atoms with E-state index in [0.717, 1.165) is 33.8 Å². The number of para-hydroxylation sites is 1. The molecule has 0 saturated carbocycles. The highest BCUT2D eigenvalue weighted by Gasteiger charge is 2.51. The van der Waals surface area contributed by atoms with Gasteiger partial charge in [0, 0.05) is 69.0 Å². The fraction of sp³-hybridized carbons (Fsp3) is 0.0938. The highest BCUT2D eigenvalue weighted by Crippen LogP contribution is 2.61. The lowest BCUT2D eigenvalue weighted by atomic mass is 9.65. The summed E-state index contributed by atoms with van der Waals surface area (Å²) in [5.74, 6) is 0. The second-order valence-corrected chi connectivity index (χ2v) is 19.6. The molecule has 0 radical (unpaired) electrons. The van der Waals surface area contributed by atoms with Crippen LogP contribution in [-0.4, -0.2) is 14.5 Å². The molecule has 0 fully saturated rings. The van der Waals surface area contributed by atoms with Crippen molar-refractivity contribution in [1.82, 2.24) is 14.5 Å². The summed E-state index contributed by atoms with van der Waals surface area (Å²) in [6.45, 7) is 9.16. The summed E-state index contributed by atoms with van der Waals surface area (Å²) in [6, 6.07) is 68.2. The molecule has 3 aromatic heterocycles. The van der Waals surface area contributed by atoms with Gasteiger partial charge < -0.3 is 9.47 Å². The molecule has 3 aliphatic rings. The van der Waals surface area contributed by atoms with E-state index >= 15 is 0 Å². The third-order valence-corrected chi connectivity index (χ3v) is 15.5. The van der Waals surface area contributed by atoms with Crippen LogP contribution in [0.25, 0.3) is 72.0 Å². The molecule has 0 amide bonds. The van der Waals surface area contributed by atoms with Crippen LogP contribution in [0.15, 0.2) is 207 Å². The van der Waals surface area contributed by atoms with Crippen LogP contribution in [0, 0.1) is 13.8 Å². The Balaban J connectivity index is 0.974. The van der Waals surface area contributed by atoms with Crippen molar-refractivity contribution in [2.45, 2.75) is 38.5 Å². The minimum atomic E-state index is -0.593. The number of pyridine rings is 2. The monoisotopic (exact) mass is 870 g/mol. The number of fused-ring (bicyclic) bond motifs is 15. The lowest BCUT2D eigenvalue weighted by molar-refractivity contribution is 0.660. The van der Waals surface area contributed by atoms with Gasteiger partial charge in [-0.1, -0.05) is 134 Å². The largest absolute Gasteiger partial charge is 0.310 e. The molecule has 4 heterocycles. The molecule has 0 atom stereocenters. The van der Waals surface area contributed by atoms with E-state index < -0.39 is 5.41 Å². The van der Waals surface area contributed by atoms with Crippen molar-refractivity contribution in [1.29, 1.82) is 0 Å². The van der Waals surface area contributed by atoms with Gasteiger partial charge in [0.2, 0.25) is 0 Å². The van der Waals surface area contributed by atoms with Gasteiger partial charge in [-0.3, -0.25) is 9.97 Å². The second kappa shape index (κ2) is 14.1. The second-order valence-electron chi connectivity index (χ2n) is 19.6. The van der Waals surface area contributed by atoms with E-state index in [1.54, 1.807) is 0 Å². The van der Waals surface area contributed by atoms with Crippen molar-refractivity contribution >= 4 is 38.9 Å². The number of aryl methyl sites for hydroxylation is 2. The van der Waals surface area contributed by atoms with Gasteiger partial charge in [0.25, 0.3) is 0 Å². The van der Waals surface area contributed by atoms with E-state index in [2.05, 4.69) is 219 Å². The van der Waals surface area contributed by atoms with Gasteiger partial charge in [-0.25, -0.2) is 0 Å². The van der Waals surface area contributed by atoms with E-state index in [-0.39, 0.29) is 5.41 Å². The first-order valence-electron chi connectivity index (χ1n) is 23.7. The minimum Gasteiger partial charge on any atom is -0.310 e. The molecule has 322 valence electrons. The summed E-state index contributed by atoms with van der Waals surface area (Å²) in [6.07, 6.45) is 8.00. The van der Waals surface area contributed by atoms with Crippen LogP contribution in [0.1, 0.15) is 58.4 Å². The maximum absolute atomic E-state index is 4.69. The van der Waals surface area contributed by atoms with Gasteiger partial charge in [0.05, 0.1) is 27.8 Å². The number of aromatic nitrogens is 3. The van der Waals surface area contributed by atoms with Crippen LogP contribution >= 0.6 is 0 Å². The topological polar surface area (TPSA) is 34.0 Å². The average Bonchev–Trinajstić information content (AvgIpc) is 3.94. The molecule has 2 aliphatic carbocycles. The molecule has 1 aliphatic heterocycles. The van der Waals surface area contributed by atoms with Crippen molar-refractivity contribution in [3.05, 3.63) is 251 Å². The SMILES string of the molecule is Cc1ccc2c(c1)c1cc(C)cc3c1n2-c1ccc(-c2ccc(N(c4ccc5c(c4)C(C)(C)c4ccccc4-5)c4ccccc4-c4ccccc4)cc2)cc1C31c2ccncc2-c2cnccc21. The van der Waals surface area contributed by atoms with Crippen molar-refractivity contribution < 1.29 is 0 Å². The Bertz CT molecular complexity index is 3870. The van der Waals surface area contributed by atoms with Gasteiger partial charge in [0.15, 0.2) is 0 Å². The Hall–Kier alpha value is -8.34. The van der Waals surface area contributed by atoms with Gasteiger partial charge >= 0.3 is 0 Å². The molecule has 1 spiro atoms. The van der Waals surface area contributed by atoms with Gasteiger partial charge in [-0.15, -0.1) is 0 Å². The fourth-order valence-corrected chi connectivity index (χ4v) is 12.5. The first-order chi connectivity index (χ1) is 33.3. The number of hydrogen-bond donors (Lipinski definition) is 0. The zero-order valence-corrected chi connectivity index (χ0v) is 38.4. The molecule has 8 aromatic carbocycles. The Morgan fingerprint density at radius 1 is 0.426 bits per heavy atom. The minimum absolute atomic E-state index is 0.134. The molecular weight excluding hydrogens is 825 g/mol. The summed E-state index contributed by atoms with van der Waals surface area (Å²) >= 11 is 0. The molecule has 0 bridgehead atoms. The predicted octanol–water partition coefficient (Wildman–Crippen LogP) is 16.0. The highest BCUT2D eigenvalue weighted by molar-refractivity contribution is 6.13. The van der Waals surface area contributed by atoms with Gasteiger partial charge in [-0.05, 0) is 148 Å². The molecule has 4 nitrogen and oxygen atoms in total. The zero-order valence-electron chi connectivity index (χ0n) is 38.4. The first-order valence-corrected chi connectivity index (χ1v) is 23.7. The van der Waals surface area contributed by atoms with E-state index in [0.29, 0.717) is 0 Å². The maximum atomic E-state index is 4.69. The lowest BCUT2D eigenvalue weighted by Crippen LogP contribution is -2.33. The lowest BCUT2D eigenvalue weighted by Gasteiger charge is -2.40. The Kier molecular flexibility index (Phi) is 8.06. The molecule has 68 heavy (non-hydrogen) atoms. The highest BCUT2D eigenvalue weighted by atomic mass is 15.1. The third-order valence-electron chi connectivity index (χ3n) is 15.5. The van der Waals surface area contributed by atoms with Gasteiger partial charge in [0.1, 0.15) is 0 Å². The van der Waals surface area contributed by atoms with E-state index in [1.165, 1.54) is 99.8 Å². The Labute approximate surface area is 396 Å². The average molecular weight is 871 g/mol. The normalized spacial score (nSPS) is 14.1. The van der Waals surface area contributed by atoms with Crippen molar-refractivity contribution in [2.75, 3.05) is 4.90 Å². The van der Waals surface area contributed by atoms with E-state index in [1.807, 2.05) is 24.8 Å². The Morgan fingerprint density at radius 3 is 1.87 bits per heavy atom. The predicted molar refractivity (Wildman–Crippen MR) is 280 cm³/mol. The van der Waals surface area contributed by atoms with Crippen LogP contribution in [0.3, 0.4) is 0 Å². The molecule has 11 aromatic rings. The smallest absolute Gasteiger partial charge is 0.0757 e. The summed E-state index contributed by atoms with van der Waals surface area (Å²) in [5.41, 5.74) is 26.2. The fourth-order valence-electron chi connectivity index (χ4n) is 12.5. The van der Waals surface area contributed by atoms with Crippen molar-refractivity contribution in [2.24, 2.45) is 0 Å². The summed E-state index contributed by atoms with van der Waals surface area (Å²) in [7, 11) is 0. The first kappa shape index (κ1) is 38.9. The van der Waals surface area contributed by atoms with Crippen LogP contribution in [-0.2, 0) is 10.8 Å². The maximum Gasteiger partial charge on any atom is 0.0757 e. The molecular formula is C64H46N4. The summed E-state index contributed by atoms with van der Waals surface area (Å²) in [4.78, 5) is 11.8. The van der Waals surface area contributed by atoms with Gasteiger partial charge in [-0.2, -0.15) is 0 Å². The molecule has 14 rings (SSSR count). The molecule has 4 heteroatoms. The van der Waals surface area contributed by atoms with Crippen LogP contribution < -0.4 is 4.90 Å². The number of anilines is 3. The summed E-state index contributed by atoms with van der Waals surface area (Å²) < 4.78 is 2.53. The molecule has 0 N–H and O–H groups in total. The van der Waals surface area contributed by atoms with Crippen molar-refractivity contribution in [3.63, 3.8) is 0 Å². The number of hydrogen-bond acceptors (Lipinski definition) is 3. The van der Waals surface area contributed by atoms with Crippen LogP contribution in [0.5, 0.6) is 0 Å². The molecule has 0 saturated heterocycles. The van der Waals surface area contributed by atoms with Crippen LogP contribution in [0.4, 0.5) is 17.1 Å². The van der Waals surface area contributed by atoms with E-state index in [9.17, 15) is 0 Å². The number of rotatable bonds is 5. The van der Waals surface area contributed by atoms with E-state index in [4.69, 9.17) is 9.97 Å². The Morgan fingerprint density at radius 2 is 1.09 bits per heavy atom. The van der Waals surface area contributed by atoms with Crippen molar-refractivity contribution in [3.8, 4) is 50.2 Å². The molecule has 0 unspecified atom stereocenters. The number of nitrogens with zero attached hydrogens (tertiary/aromatic N) is 4. The number of benzene rings is 8. The third kappa shape index (κ3) is 5.20. The quantitative estimate of drug-likeness (QED) is 0.173. The standard InChI is InChI=1S/C64H46N4/c1-39-18-26-60-49(32-39)50-33-40(2)34-58-62(50)68(60)61-27-21-43(35-57(61)64(58)54-28-30-65-37-51(54)52-38-66-31-29-55(52)64)41-19-22-44(23-20-41)67(59-17-11-9-14-46(59)42-12-6-5-7-13-42)45-24-25-48-47-15-8-10-16-53(47)63(3,4)56(48)36-45/h5-38H,1-4H3. The summed E-state index contributed by atoms with van der Waals surface area (Å²) in [5, 5.41) is 2.57. The van der Waals surface area contributed by atoms with Crippen LogP contribution in [0.2, 0.25) is 0 Å².